The first-order valence-corrected chi connectivity index (χ1v) is 7.81. The summed E-state index contributed by atoms with van der Waals surface area (Å²) in [4.78, 5) is 0. The molecule has 1 fully saturated rings. The van der Waals surface area contributed by atoms with Gasteiger partial charge in [0.1, 0.15) is 0 Å². The molecule has 2 rings (SSSR count). The van der Waals surface area contributed by atoms with Gasteiger partial charge in [-0.3, -0.25) is 0 Å². The lowest BCUT2D eigenvalue weighted by Gasteiger charge is -2.25. The van der Waals surface area contributed by atoms with Crippen molar-refractivity contribution in [3.63, 3.8) is 0 Å². The largest absolute Gasteiger partial charge is 0.416 e. The molecule has 0 radical (unpaired) electrons. The van der Waals surface area contributed by atoms with Crippen LogP contribution in [0.3, 0.4) is 0 Å². The smallest absolute Gasteiger partial charge is 0.324 e. The molecule has 0 amide bonds. The van der Waals surface area contributed by atoms with E-state index in [0.717, 1.165) is 44.6 Å². The lowest BCUT2D eigenvalue weighted by Crippen LogP contribution is -2.24. The zero-order valence-corrected chi connectivity index (χ0v) is 12.8. The molecule has 0 heterocycles. The van der Waals surface area contributed by atoms with E-state index in [1.165, 1.54) is 6.07 Å². The number of hydrogen-bond donors (Lipinski definition) is 1. The molecule has 1 aromatic rings. The van der Waals surface area contributed by atoms with Crippen molar-refractivity contribution in [3.05, 3.63) is 33.8 Å². The zero-order valence-electron chi connectivity index (χ0n) is 11.2. The summed E-state index contributed by atoms with van der Waals surface area (Å²) in [6.07, 6.45) is 1.95. The van der Waals surface area contributed by atoms with Crippen molar-refractivity contribution in [2.45, 2.75) is 50.7 Å². The van der Waals surface area contributed by atoms with E-state index in [1.54, 1.807) is 6.07 Å². The molecule has 1 unspecified atom stereocenters. The van der Waals surface area contributed by atoms with Crippen molar-refractivity contribution in [2.24, 2.45) is 11.7 Å². The predicted molar refractivity (Wildman–Crippen MR) is 77.3 cm³/mol. The normalized spacial score (nSPS) is 19.6. The molecule has 1 saturated carbocycles. The Morgan fingerprint density at radius 3 is 2.25 bits per heavy atom. The van der Waals surface area contributed by atoms with Crippen LogP contribution in [0.1, 0.15) is 55.7 Å². The van der Waals surface area contributed by atoms with Gasteiger partial charge in [-0.1, -0.05) is 47.7 Å². The maximum Gasteiger partial charge on any atom is 0.416 e. The van der Waals surface area contributed by atoms with Gasteiger partial charge in [-0.05, 0) is 36.5 Å². The van der Waals surface area contributed by atoms with Crippen molar-refractivity contribution in [1.82, 2.24) is 0 Å². The minimum Gasteiger partial charge on any atom is -0.324 e. The molecule has 1 nitrogen and oxygen atoms in total. The molecular weight excluding hydrogens is 331 g/mol. The van der Waals surface area contributed by atoms with Crippen LogP contribution in [0.5, 0.6) is 0 Å². The third kappa shape index (κ3) is 3.76. The summed E-state index contributed by atoms with van der Waals surface area (Å²) in [5.41, 5.74) is 5.79. The van der Waals surface area contributed by atoms with Gasteiger partial charge in [-0.2, -0.15) is 13.2 Å². The molecule has 2 N–H and O–H groups in total. The van der Waals surface area contributed by atoms with E-state index in [1.807, 2.05) is 0 Å². The Bertz CT molecular complexity index is 451. The highest BCUT2D eigenvalue weighted by molar-refractivity contribution is 9.10. The van der Waals surface area contributed by atoms with E-state index in [-0.39, 0.29) is 11.5 Å². The van der Waals surface area contributed by atoms with Crippen LogP contribution < -0.4 is 5.73 Å². The fourth-order valence-electron chi connectivity index (χ4n) is 2.99. The van der Waals surface area contributed by atoms with Crippen LogP contribution in [0.2, 0.25) is 0 Å². The van der Waals surface area contributed by atoms with Crippen LogP contribution in [-0.4, -0.2) is 0 Å². The van der Waals surface area contributed by atoms with Crippen molar-refractivity contribution in [3.8, 4) is 0 Å². The van der Waals surface area contributed by atoms with Gasteiger partial charge in [-0.25, -0.2) is 0 Å². The summed E-state index contributed by atoms with van der Waals surface area (Å²) in [7, 11) is 0. The summed E-state index contributed by atoms with van der Waals surface area (Å²) in [6.45, 7) is 0. The van der Waals surface area contributed by atoms with Crippen molar-refractivity contribution in [1.29, 1.82) is 0 Å². The van der Waals surface area contributed by atoms with Gasteiger partial charge >= 0.3 is 6.18 Å². The molecule has 0 aromatic heterocycles. The van der Waals surface area contributed by atoms with E-state index in [4.69, 9.17) is 5.73 Å². The SMILES string of the molecule is NC(c1ccc(Br)cc1C(F)(F)F)C1CCCCCC1. The number of rotatable bonds is 2. The second-order valence-electron chi connectivity index (χ2n) is 5.51. The van der Waals surface area contributed by atoms with Crippen LogP contribution in [0, 0.1) is 5.92 Å². The lowest BCUT2D eigenvalue weighted by molar-refractivity contribution is -0.138. The zero-order chi connectivity index (χ0) is 14.8. The Morgan fingerprint density at radius 1 is 1.10 bits per heavy atom. The Balaban J connectivity index is 2.31. The second kappa shape index (κ2) is 6.48. The number of halogens is 4. The Hall–Kier alpha value is -0.550. The molecule has 0 aliphatic heterocycles. The Morgan fingerprint density at radius 2 is 1.70 bits per heavy atom. The summed E-state index contributed by atoms with van der Waals surface area (Å²) >= 11 is 3.11. The number of nitrogens with two attached hydrogens (primary N) is 1. The molecule has 1 aromatic carbocycles. The van der Waals surface area contributed by atoms with Gasteiger partial charge in [-0.15, -0.1) is 0 Å². The molecule has 0 spiro atoms. The van der Waals surface area contributed by atoms with Crippen molar-refractivity contribution < 1.29 is 13.2 Å². The Kier molecular flexibility index (Phi) is 5.13. The van der Waals surface area contributed by atoms with Gasteiger partial charge in [0.15, 0.2) is 0 Å². The second-order valence-corrected chi connectivity index (χ2v) is 6.42. The molecule has 0 bridgehead atoms. The van der Waals surface area contributed by atoms with Gasteiger partial charge in [0.25, 0.3) is 0 Å². The first-order chi connectivity index (χ1) is 9.39. The summed E-state index contributed by atoms with van der Waals surface area (Å²) in [6, 6.07) is 3.76. The standard InChI is InChI=1S/C15H19BrF3N/c16-11-7-8-12(13(9-11)15(17,18)19)14(20)10-5-3-1-2-4-6-10/h7-10,14H,1-6,20H2. The predicted octanol–water partition coefficient (Wildman–Crippen LogP) is 5.44. The average Bonchev–Trinajstić information content (AvgIpc) is 2.65. The third-order valence-corrected chi connectivity index (χ3v) is 4.58. The molecule has 1 aliphatic rings. The van der Waals surface area contributed by atoms with Gasteiger partial charge in [0.05, 0.1) is 5.56 Å². The number of benzene rings is 1. The molecule has 1 aliphatic carbocycles. The molecule has 5 heteroatoms. The lowest BCUT2D eigenvalue weighted by atomic mass is 9.85. The van der Waals surface area contributed by atoms with Gasteiger partial charge in [0.2, 0.25) is 0 Å². The minimum absolute atomic E-state index is 0.153. The van der Waals surface area contributed by atoms with E-state index in [2.05, 4.69) is 15.9 Å². The molecule has 0 saturated heterocycles. The van der Waals surface area contributed by atoms with E-state index >= 15 is 0 Å². The maximum absolute atomic E-state index is 13.2. The molecule has 112 valence electrons. The first-order valence-electron chi connectivity index (χ1n) is 7.02. The van der Waals surface area contributed by atoms with Crippen LogP contribution in [0.25, 0.3) is 0 Å². The Labute approximate surface area is 125 Å². The highest BCUT2D eigenvalue weighted by Crippen LogP contribution is 2.40. The van der Waals surface area contributed by atoms with Crippen LogP contribution in [0.15, 0.2) is 22.7 Å². The molecule has 1 atom stereocenters. The van der Waals surface area contributed by atoms with Crippen molar-refractivity contribution in [2.75, 3.05) is 0 Å². The number of hydrogen-bond acceptors (Lipinski definition) is 1. The van der Waals surface area contributed by atoms with Gasteiger partial charge < -0.3 is 5.73 Å². The topological polar surface area (TPSA) is 26.0 Å². The quantitative estimate of drug-likeness (QED) is 0.707. The minimum atomic E-state index is -4.36. The average molecular weight is 350 g/mol. The van der Waals surface area contributed by atoms with Gasteiger partial charge in [0, 0.05) is 10.5 Å². The summed E-state index contributed by atoms with van der Waals surface area (Å²) < 4.78 is 39.9. The first kappa shape index (κ1) is 15.8. The van der Waals surface area contributed by atoms with E-state index in [0.29, 0.717) is 4.47 Å². The molecular formula is C15H19BrF3N. The maximum atomic E-state index is 13.2. The summed E-state index contributed by atoms with van der Waals surface area (Å²) in [5, 5.41) is 0. The van der Waals surface area contributed by atoms with Crippen LogP contribution in [0.4, 0.5) is 13.2 Å². The molecule has 20 heavy (non-hydrogen) atoms. The highest BCUT2D eigenvalue weighted by Gasteiger charge is 2.36. The van der Waals surface area contributed by atoms with Crippen LogP contribution in [-0.2, 0) is 6.18 Å². The summed E-state index contributed by atoms with van der Waals surface area (Å²) in [5.74, 6) is 0.153. The third-order valence-electron chi connectivity index (χ3n) is 4.09. The highest BCUT2D eigenvalue weighted by atomic mass is 79.9. The fourth-order valence-corrected chi connectivity index (χ4v) is 3.35. The monoisotopic (exact) mass is 349 g/mol. The van der Waals surface area contributed by atoms with Crippen LogP contribution >= 0.6 is 15.9 Å². The number of alkyl halides is 3. The van der Waals surface area contributed by atoms with E-state index < -0.39 is 17.8 Å². The fraction of sp³-hybridized carbons (Fsp3) is 0.600. The van der Waals surface area contributed by atoms with E-state index in [9.17, 15) is 13.2 Å². The van der Waals surface area contributed by atoms with Crippen molar-refractivity contribution >= 4 is 15.9 Å².